The standard InChI is InChI=1S/C5H16N4Si/c1-5-9-10(6-2,7-3)8-4/h5-9H,1H2,2-4H3. The monoisotopic (exact) mass is 160 g/mol. The smallest absolute Gasteiger partial charge is 0.381 e. The highest BCUT2D eigenvalue weighted by atomic mass is 28.4. The molecule has 5 heteroatoms. The molecule has 0 heterocycles. The predicted octanol–water partition coefficient (Wildman–Crippen LogP) is -1.19. The summed E-state index contributed by atoms with van der Waals surface area (Å²) in [5.41, 5.74) is 0. The van der Waals surface area contributed by atoms with Crippen molar-refractivity contribution in [1.29, 1.82) is 0 Å². The fourth-order valence-corrected chi connectivity index (χ4v) is 2.23. The number of nitrogens with one attached hydrogen (secondary N) is 4. The van der Waals surface area contributed by atoms with E-state index in [0.717, 1.165) is 0 Å². The molecule has 60 valence electrons. The molecule has 0 fully saturated rings. The first kappa shape index (κ1) is 9.64. The summed E-state index contributed by atoms with van der Waals surface area (Å²) in [5, 5.41) is 0. The van der Waals surface area contributed by atoms with Crippen LogP contribution >= 0.6 is 0 Å². The molecule has 0 spiro atoms. The minimum absolute atomic E-state index is 1.68. The van der Waals surface area contributed by atoms with Crippen molar-refractivity contribution in [3.8, 4) is 0 Å². The summed E-state index contributed by atoms with van der Waals surface area (Å²) in [6, 6.07) is 0. The van der Waals surface area contributed by atoms with Gasteiger partial charge in [0.15, 0.2) is 0 Å². The van der Waals surface area contributed by atoms with E-state index in [1.807, 2.05) is 21.1 Å². The summed E-state index contributed by atoms with van der Waals surface area (Å²) in [6.45, 7) is 3.59. The van der Waals surface area contributed by atoms with Crippen molar-refractivity contribution in [3.63, 3.8) is 0 Å². The highest BCUT2D eigenvalue weighted by Gasteiger charge is 2.27. The molecule has 0 atom stereocenters. The van der Waals surface area contributed by atoms with Crippen LogP contribution in [0.3, 0.4) is 0 Å². The van der Waals surface area contributed by atoms with Crippen LogP contribution in [0.1, 0.15) is 0 Å². The molecule has 0 aromatic rings. The van der Waals surface area contributed by atoms with E-state index >= 15 is 0 Å². The van der Waals surface area contributed by atoms with Crippen molar-refractivity contribution in [2.45, 2.75) is 0 Å². The second-order valence-electron chi connectivity index (χ2n) is 1.85. The first-order chi connectivity index (χ1) is 4.74. The highest BCUT2D eigenvalue weighted by molar-refractivity contribution is 6.70. The van der Waals surface area contributed by atoms with Crippen LogP contribution in [0.5, 0.6) is 0 Å². The predicted molar refractivity (Wildman–Crippen MR) is 46.3 cm³/mol. The molecule has 0 saturated heterocycles. The van der Waals surface area contributed by atoms with E-state index in [2.05, 4.69) is 26.5 Å². The second-order valence-corrected chi connectivity index (χ2v) is 5.14. The van der Waals surface area contributed by atoms with Crippen molar-refractivity contribution in [3.05, 3.63) is 12.8 Å². The molecule has 0 aliphatic rings. The van der Waals surface area contributed by atoms with Crippen molar-refractivity contribution >= 4 is 8.72 Å². The van der Waals surface area contributed by atoms with Crippen LogP contribution in [0.4, 0.5) is 0 Å². The van der Waals surface area contributed by atoms with E-state index in [-0.39, 0.29) is 0 Å². The average molecular weight is 160 g/mol. The van der Waals surface area contributed by atoms with Gasteiger partial charge in [0.1, 0.15) is 0 Å². The molecule has 4 N–H and O–H groups in total. The Hall–Kier alpha value is -0.363. The lowest BCUT2D eigenvalue weighted by Gasteiger charge is -2.27. The van der Waals surface area contributed by atoms with Gasteiger partial charge in [0, 0.05) is 0 Å². The quantitative estimate of drug-likeness (QED) is 0.382. The van der Waals surface area contributed by atoms with Crippen LogP contribution in [-0.4, -0.2) is 29.9 Å². The fraction of sp³-hybridized carbons (Fsp3) is 0.600. The molecular weight excluding hydrogens is 144 g/mol. The van der Waals surface area contributed by atoms with Crippen LogP contribution in [0, 0.1) is 0 Å². The average Bonchev–Trinajstić information content (AvgIpc) is 2.01. The zero-order valence-electron chi connectivity index (χ0n) is 6.78. The first-order valence-corrected chi connectivity index (χ1v) is 5.20. The zero-order valence-corrected chi connectivity index (χ0v) is 7.78. The van der Waals surface area contributed by atoms with Crippen LogP contribution < -0.4 is 19.9 Å². The first-order valence-electron chi connectivity index (χ1n) is 3.20. The summed E-state index contributed by atoms with van der Waals surface area (Å²) >= 11 is 0. The van der Waals surface area contributed by atoms with Crippen LogP contribution in [0.15, 0.2) is 12.8 Å². The Morgan fingerprint density at radius 2 is 1.50 bits per heavy atom. The molecule has 10 heavy (non-hydrogen) atoms. The van der Waals surface area contributed by atoms with Crippen LogP contribution in [0.2, 0.25) is 0 Å². The van der Waals surface area contributed by atoms with Crippen molar-refractivity contribution in [2.75, 3.05) is 21.1 Å². The van der Waals surface area contributed by atoms with E-state index in [1.165, 1.54) is 0 Å². The van der Waals surface area contributed by atoms with Gasteiger partial charge in [0.05, 0.1) is 0 Å². The molecule has 0 aliphatic carbocycles. The maximum atomic E-state index is 3.59. The number of rotatable bonds is 5. The summed E-state index contributed by atoms with van der Waals surface area (Å²) in [5.74, 6) is 0. The lowest BCUT2D eigenvalue weighted by atomic mass is 11.1. The molecular formula is C5H16N4Si. The van der Waals surface area contributed by atoms with Crippen molar-refractivity contribution in [1.82, 2.24) is 19.9 Å². The Kier molecular flexibility index (Phi) is 4.29. The van der Waals surface area contributed by atoms with E-state index in [0.29, 0.717) is 0 Å². The van der Waals surface area contributed by atoms with Gasteiger partial charge < -0.3 is 4.98 Å². The lowest BCUT2D eigenvalue weighted by Crippen LogP contribution is -2.77. The Morgan fingerprint density at radius 1 is 1.10 bits per heavy atom. The Labute approximate surface area is 63.4 Å². The molecule has 0 saturated carbocycles. The molecule has 0 aromatic heterocycles. The molecule has 0 aliphatic heterocycles. The second kappa shape index (κ2) is 4.45. The van der Waals surface area contributed by atoms with Gasteiger partial charge in [0.25, 0.3) is 0 Å². The molecule has 0 aromatic carbocycles. The van der Waals surface area contributed by atoms with Gasteiger partial charge in [-0.25, -0.2) is 0 Å². The minimum atomic E-state index is -1.84. The molecule has 0 unspecified atom stereocenters. The number of hydrogen-bond acceptors (Lipinski definition) is 4. The zero-order chi connectivity index (χ0) is 8.04. The topological polar surface area (TPSA) is 48.1 Å². The van der Waals surface area contributed by atoms with Gasteiger partial charge in [0.2, 0.25) is 0 Å². The largest absolute Gasteiger partial charge is 0.396 e. The lowest BCUT2D eigenvalue weighted by molar-refractivity contribution is 0.858. The summed E-state index contributed by atoms with van der Waals surface area (Å²) < 4.78 is 0. The van der Waals surface area contributed by atoms with E-state index in [1.54, 1.807) is 6.20 Å². The third-order valence-electron chi connectivity index (χ3n) is 1.44. The van der Waals surface area contributed by atoms with E-state index in [9.17, 15) is 0 Å². The summed E-state index contributed by atoms with van der Waals surface area (Å²) in [6.07, 6.45) is 1.68. The van der Waals surface area contributed by atoms with E-state index < -0.39 is 8.72 Å². The third kappa shape index (κ3) is 2.11. The van der Waals surface area contributed by atoms with Gasteiger partial charge in [-0.05, 0) is 27.3 Å². The summed E-state index contributed by atoms with van der Waals surface area (Å²) in [7, 11) is 3.86. The van der Waals surface area contributed by atoms with Gasteiger partial charge in [-0.2, -0.15) is 0 Å². The van der Waals surface area contributed by atoms with Crippen LogP contribution in [0.25, 0.3) is 0 Å². The molecule has 0 amide bonds. The maximum Gasteiger partial charge on any atom is 0.396 e. The third-order valence-corrected chi connectivity index (χ3v) is 4.33. The van der Waals surface area contributed by atoms with Crippen molar-refractivity contribution < 1.29 is 0 Å². The molecule has 0 radical (unpaired) electrons. The molecule has 4 nitrogen and oxygen atoms in total. The van der Waals surface area contributed by atoms with Crippen molar-refractivity contribution in [2.24, 2.45) is 0 Å². The number of hydrogen-bond donors (Lipinski definition) is 4. The van der Waals surface area contributed by atoms with Crippen LogP contribution in [-0.2, 0) is 0 Å². The molecule has 0 bridgehead atoms. The fourth-order valence-electron chi connectivity index (χ4n) is 0.745. The normalized spacial score (nSPS) is 11.1. The molecule has 0 rings (SSSR count). The highest BCUT2D eigenvalue weighted by Crippen LogP contribution is 1.76. The Balaban J connectivity index is 4.00. The Bertz CT molecular complexity index is 93.6. The minimum Gasteiger partial charge on any atom is -0.381 e. The van der Waals surface area contributed by atoms with E-state index in [4.69, 9.17) is 0 Å². The van der Waals surface area contributed by atoms with Gasteiger partial charge in [-0.3, -0.25) is 14.9 Å². The van der Waals surface area contributed by atoms with Gasteiger partial charge in [-0.1, -0.05) is 6.58 Å². The van der Waals surface area contributed by atoms with Gasteiger partial charge in [-0.15, -0.1) is 0 Å². The SMILES string of the molecule is C=CN[Si](NC)(NC)NC. The maximum absolute atomic E-state index is 3.59. The summed E-state index contributed by atoms with van der Waals surface area (Å²) in [4.78, 5) is 12.6. The van der Waals surface area contributed by atoms with Gasteiger partial charge >= 0.3 is 8.72 Å². The Morgan fingerprint density at radius 3 is 1.60 bits per heavy atom.